The van der Waals surface area contributed by atoms with Crippen molar-refractivity contribution < 1.29 is 9.18 Å². The maximum Gasteiger partial charge on any atom is 0.168 e. The van der Waals surface area contributed by atoms with E-state index in [1.807, 2.05) is 0 Å². The number of nitrogens with one attached hydrogen (secondary N) is 1. The third kappa shape index (κ3) is 1.47. The first-order chi connectivity index (χ1) is 8.31. The number of halogens is 1. The molecule has 0 aliphatic carbocycles. The molecule has 1 aliphatic heterocycles. The van der Waals surface area contributed by atoms with Gasteiger partial charge in [0.15, 0.2) is 6.29 Å². The number of hydrogen-bond acceptors (Lipinski definition) is 3. The van der Waals surface area contributed by atoms with Crippen LogP contribution in [-0.4, -0.2) is 16.1 Å². The molecule has 5 heteroatoms. The van der Waals surface area contributed by atoms with Gasteiger partial charge in [0.1, 0.15) is 17.2 Å². The molecule has 2 heterocycles. The van der Waals surface area contributed by atoms with Crippen LogP contribution in [0.5, 0.6) is 0 Å². The fourth-order valence-electron chi connectivity index (χ4n) is 2.08. The number of carbonyl (C=O) groups excluding carboxylic acids is 1. The Labute approximate surface area is 97.1 Å². The van der Waals surface area contributed by atoms with Crippen molar-refractivity contribution in [1.82, 2.24) is 15.1 Å². The van der Waals surface area contributed by atoms with Crippen LogP contribution in [-0.2, 0) is 13.1 Å². The van der Waals surface area contributed by atoms with Crippen LogP contribution in [0.1, 0.15) is 21.7 Å². The van der Waals surface area contributed by atoms with E-state index in [4.69, 9.17) is 0 Å². The number of aldehydes is 1. The van der Waals surface area contributed by atoms with E-state index < -0.39 is 0 Å². The quantitative estimate of drug-likeness (QED) is 0.795. The second-order valence-electron chi connectivity index (χ2n) is 3.90. The van der Waals surface area contributed by atoms with Gasteiger partial charge in [-0.3, -0.25) is 4.79 Å². The summed E-state index contributed by atoms with van der Waals surface area (Å²) in [5.41, 5.74) is 2.41. The minimum atomic E-state index is -0.385. The molecule has 0 bridgehead atoms. The number of rotatable bonds is 2. The Hall–Kier alpha value is -2.01. The number of carbonyl (C=O) groups is 1. The van der Waals surface area contributed by atoms with Crippen LogP contribution in [0.4, 0.5) is 4.39 Å². The molecule has 0 saturated carbocycles. The highest BCUT2D eigenvalue weighted by atomic mass is 19.1. The van der Waals surface area contributed by atoms with E-state index in [-0.39, 0.29) is 5.82 Å². The lowest BCUT2D eigenvalue weighted by Gasteiger charge is -2.05. The molecule has 1 aliphatic rings. The standard InChI is InChI=1S/C12H10FN3O/c13-9-3-1-2-4-11(9)16-12(7-17)8-5-14-6-10(8)15-16/h1-4,7,14H,5-6H2. The van der Waals surface area contributed by atoms with Crippen LogP contribution < -0.4 is 5.32 Å². The van der Waals surface area contributed by atoms with Gasteiger partial charge in [-0.1, -0.05) is 12.1 Å². The number of para-hydroxylation sites is 1. The van der Waals surface area contributed by atoms with E-state index in [9.17, 15) is 9.18 Å². The first-order valence-electron chi connectivity index (χ1n) is 5.33. The molecule has 1 N–H and O–H groups in total. The second kappa shape index (κ2) is 3.78. The van der Waals surface area contributed by atoms with E-state index in [0.29, 0.717) is 24.5 Å². The number of aromatic nitrogens is 2. The van der Waals surface area contributed by atoms with E-state index >= 15 is 0 Å². The molecule has 0 unspecified atom stereocenters. The third-order valence-corrected chi connectivity index (χ3v) is 2.89. The minimum absolute atomic E-state index is 0.309. The molecule has 86 valence electrons. The lowest BCUT2D eigenvalue weighted by Crippen LogP contribution is -2.10. The van der Waals surface area contributed by atoms with Crippen LogP contribution in [0, 0.1) is 5.82 Å². The Kier molecular flexibility index (Phi) is 2.26. The van der Waals surface area contributed by atoms with Gasteiger partial charge in [0.2, 0.25) is 0 Å². The topological polar surface area (TPSA) is 46.9 Å². The molecule has 17 heavy (non-hydrogen) atoms. The Balaban J connectivity index is 2.22. The lowest BCUT2D eigenvalue weighted by molar-refractivity contribution is 0.111. The van der Waals surface area contributed by atoms with Crippen molar-refractivity contribution >= 4 is 6.29 Å². The van der Waals surface area contributed by atoms with Gasteiger partial charge in [-0.2, -0.15) is 5.10 Å². The van der Waals surface area contributed by atoms with Crippen LogP contribution in [0.25, 0.3) is 5.69 Å². The Morgan fingerprint density at radius 1 is 1.35 bits per heavy atom. The van der Waals surface area contributed by atoms with Gasteiger partial charge >= 0.3 is 0 Å². The van der Waals surface area contributed by atoms with Gasteiger partial charge in [0.05, 0.1) is 5.69 Å². The summed E-state index contributed by atoms with van der Waals surface area (Å²) < 4.78 is 15.0. The molecule has 0 amide bonds. The van der Waals surface area contributed by atoms with E-state index in [2.05, 4.69) is 10.4 Å². The zero-order chi connectivity index (χ0) is 11.8. The molecule has 4 nitrogen and oxygen atoms in total. The smallest absolute Gasteiger partial charge is 0.168 e. The highest BCUT2D eigenvalue weighted by Gasteiger charge is 2.22. The van der Waals surface area contributed by atoms with Gasteiger partial charge in [-0.25, -0.2) is 9.07 Å². The van der Waals surface area contributed by atoms with Crippen molar-refractivity contribution in [2.24, 2.45) is 0 Å². The largest absolute Gasteiger partial charge is 0.307 e. The molecule has 2 aromatic rings. The van der Waals surface area contributed by atoms with E-state index in [1.165, 1.54) is 10.7 Å². The Bertz CT molecular complexity index is 591. The predicted octanol–water partition coefficient (Wildman–Crippen LogP) is 1.43. The van der Waals surface area contributed by atoms with Crippen LogP contribution in [0.15, 0.2) is 24.3 Å². The summed E-state index contributed by atoms with van der Waals surface area (Å²) in [4.78, 5) is 11.1. The first-order valence-corrected chi connectivity index (χ1v) is 5.33. The third-order valence-electron chi connectivity index (χ3n) is 2.89. The van der Waals surface area contributed by atoms with Crippen molar-refractivity contribution in [3.63, 3.8) is 0 Å². The summed E-state index contributed by atoms with van der Waals surface area (Å²) in [7, 11) is 0. The molecule has 0 fully saturated rings. The summed E-state index contributed by atoms with van der Waals surface area (Å²) >= 11 is 0. The molecule has 0 spiro atoms. The molecule has 0 saturated heterocycles. The van der Waals surface area contributed by atoms with Gasteiger partial charge in [0.25, 0.3) is 0 Å². The molecule has 0 radical (unpaired) electrons. The Morgan fingerprint density at radius 2 is 2.18 bits per heavy atom. The van der Waals surface area contributed by atoms with E-state index in [1.54, 1.807) is 18.2 Å². The fraction of sp³-hybridized carbons (Fsp3) is 0.167. The zero-order valence-corrected chi connectivity index (χ0v) is 8.98. The van der Waals surface area contributed by atoms with Gasteiger partial charge in [-0.15, -0.1) is 0 Å². The summed E-state index contributed by atoms with van der Waals surface area (Å²) in [5.74, 6) is -0.385. The number of benzene rings is 1. The van der Waals surface area contributed by atoms with Crippen LogP contribution >= 0.6 is 0 Å². The van der Waals surface area contributed by atoms with Gasteiger partial charge in [-0.05, 0) is 12.1 Å². The molecule has 1 aromatic heterocycles. The summed E-state index contributed by atoms with van der Waals surface area (Å²) in [5, 5.41) is 7.38. The summed E-state index contributed by atoms with van der Waals surface area (Å²) in [6.07, 6.45) is 0.727. The van der Waals surface area contributed by atoms with Crippen molar-refractivity contribution in [3.05, 3.63) is 47.0 Å². The highest BCUT2D eigenvalue weighted by Crippen LogP contribution is 2.22. The summed E-state index contributed by atoms with van der Waals surface area (Å²) in [6.45, 7) is 1.23. The number of hydrogen-bond donors (Lipinski definition) is 1. The zero-order valence-electron chi connectivity index (χ0n) is 8.98. The average Bonchev–Trinajstić information content (AvgIpc) is 2.89. The average molecular weight is 231 g/mol. The monoisotopic (exact) mass is 231 g/mol. The normalized spacial score (nSPS) is 13.7. The van der Waals surface area contributed by atoms with Crippen molar-refractivity contribution in [2.45, 2.75) is 13.1 Å². The molecule has 3 rings (SSSR count). The molecular formula is C12H10FN3O. The highest BCUT2D eigenvalue weighted by molar-refractivity contribution is 5.76. The predicted molar refractivity (Wildman–Crippen MR) is 59.5 cm³/mol. The Morgan fingerprint density at radius 3 is 2.94 bits per heavy atom. The minimum Gasteiger partial charge on any atom is -0.307 e. The maximum absolute atomic E-state index is 13.7. The first kappa shape index (κ1) is 10.2. The summed E-state index contributed by atoms with van der Waals surface area (Å²) in [6, 6.07) is 6.29. The van der Waals surface area contributed by atoms with Crippen molar-refractivity contribution in [3.8, 4) is 5.69 Å². The van der Waals surface area contributed by atoms with Crippen LogP contribution in [0.3, 0.4) is 0 Å². The number of fused-ring (bicyclic) bond motifs is 1. The van der Waals surface area contributed by atoms with E-state index in [0.717, 1.165) is 17.5 Å². The lowest BCUT2D eigenvalue weighted by atomic mass is 10.2. The van der Waals surface area contributed by atoms with Gasteiger partial charge in [0, 0.05) is 18.7 Å². The molecule has 0 atom stereocenters. The second-order valence-corrected chi connectivity index (χ2v) is 3.90. The van der Waals surface area contributed by atoms with Gasteiger partial charge < -0.3 is 5.32 Å². The van der Waals surface area contributed by atoms with Crippen molar-refractivity contribution in [1.29, 1.82) is 0 Å². The maximum atomic E-state index is 13.7. The molecule has 1 aromatic carbocycles. The van der Waals surface area contributed by atoms with Crippen LogP contribution in [0.2, 0.25) is 0 Å². The molecular weight excluding hydrogens is 221 g/mol. The number of nitrogens with zero attached hydrogens (tertiary/aromatic N) is 2. The van der Waals surface area contributed by atoms with Crippen molar-refractivity contribution in [2.75, 3.05) is 0 Å². The SMILES string of the molecule is O=Cc1c2c(nn1-c1ccccc1F)CNC2. The fourth-order valence-corrected chi connectivity index (χ4v) is 2.08.